The molecule has 6 heteroatoms. The van der Waals surface area contributed by atoms with Gasteiger partial charge in [0.15, 0.2) is 0 Å². The smallest absolute Gasteiger partial charge is 0.407 e. The van der Waals surface area contributed by atoms with E-state index in [4.69, 9.17) is 9.47 Å². The minimum absolute atomic E-state index is 0.345. The molecule has 0 aliphatic rings. The molecule has 0 aliphatic carbocycles. The molecule has 0 saturated carbocycles. The molecule has 124 valence electrons. The maximum absolute atomic E-state index is 11.6. The van der Waals surface area contributed by atoms with Gasteiger partial charge in [-0.3, -0.25) is 0 Å². The number of alkyl carbamates (subject to hydrolysis) is 1. The number of thioether (sulfide) groups is 1. The molecule has 22 heavy (non-hydrogen) atoms. The van der Waals surface area contributed by atoms with E-state index < -0.39 is 5.60 Å². The van der Waals surface area contributed by atoms with Crippen LogP contribution >= 0.6 is 27.7 Å². The van der Waals surface area contributed by atoms with Crippen LogP contribution in [-0.2, 0) is 4.74 Å². The van der Waals surface area contributed by atoms with Gasteiger partial charge in [0.2, 0.25) is 0 Å². The molecule has 0 fully saturated rings. The van der Waals surface area contributed by atoms with Crippen LogP contribution in [0.15, 0.2) is 27.6 Å². The van der Waals surface area contributed by atoms with E-state index in [0.29, 0.717) is 11.8 Å². The van der Waals surface area contributed by atoms with Crippen molar-refractivity contribution in [2.75, 3.05) is 13.7 Å². The summed E-state index contributed by atoms with van der Waals surface area (Å²) >= 11 is 5.20. The lowest BCUT2D eigenvalue weighted by Gasteiger charge is -2.20. The highest BCUT2D eigenvalue weighted by atomic mass is 79.9. The molecule has 1 atom stereocenters. The molecule has 0 spiro atoms. The lowest BCUT2D eigenvalue weighted by molar-refractivity contribution is 0.0527. The normalized spacial score (nSPS) is 12.6. The molecule has 1 N–H and O–H groups in total. The van der Waals surface area contributed by atoms with Crippen LogP contribution in [0.4, 0.5) is 4.79 Å². The van der Waals surface area contributed by atoms with Gasteiger partial charge in [-0.15, -0.1) is 11.8 Å². The van der Waals surface area contributed by atoms with Crippen LogP contribution in [0, 0.1) is 0 Å². The first-order valence-corrected chi connectivity index (χ1v) is 8.85. The topological polar surface area (TPSA) is 47.6 Å². The molecule has 1 unspecified atom stereocenters. The predicted octanol–water partition coefficient (Wildman–Crippen LogP) is 4.85. The quantitative estimate of drug-likeness (QED) is 0.706. The molecule has 0 saturated heterocycles. The Morgan fingerprint density at radius 2 is 2.09 bits per heavy atom. The zero-order valence-electron chi connectivity index (χ0n) is 13.7. The Kier molecular flexibility index (Phi) is 7.56. The number of benzene rings is 1. The third-order valence-corrected chi connectivity index (χ3v) is 4.38. The summed E-state index contributed by atoms with van der Waals surface area (Å²) in [7, 11) is 1.67. The van der Waals surface area contributed by atoms with Crippen molar-refractivity contribution in [1.29, 1.82) is 0 Å². The van der Waals surface area contributed by atoms with Crippen molar-refractivity contribution in [1.82, 2.24) is 5.32 Å². The van der Waals surface area contributed by atoms with Crippen molar-refractivity contribution in [2.24, 2.45) is 0 Å². The Morgan fingerprint density at radius 1 is 1.41 bits per heavy atom. The lowest BCUT2D eigenvalue weighted by atomic mass is 10.2. The Balaban J connectivity index is 2.42. The van der Waals surface area contributed by atoms with E-state index in [2.05, 4.69) is 28.2 Å². The van der Waals surface area contributed by atoms with Crippen LogP contribution in [0.3, 0.4) is 0 Å². The largest absolute Gasteiger partial charge is 0.496 e. The summed E-state index contributed by atoms with van der Waals surface area (Å²) in [6, 6.07) is 5.94. The van der Waals surface area contributed by atoms with E-state index in [1.165, 1.54) is 0 Å². The summed E-state index contributed by atoms with van der Waals surface area (Å²) in [5, 5.41) is 3.13. The highest BCUT2D eigenvalue weighted by Crippen LogP contribution is 2.35. The van der Waals surface area contributed by atoms with Crippen molar-refractivity contribution in [2.45, 2.75) is 49.9 Å². The van der Waals surface area contributed by atoms with Crippen LogP contribution in [0.1, 0.15) is 34.1 Å². The molecule has 1 amide bonds. The van der Waals surface area contributed by atoms with E-state index in [-0.39, 0.29) is 6.09 Å². The van der Waals surface area contributed by atoms with Crippen LogP contribution in [0.25, 0.3) is 0 Å². The maximum atomic E-state index is 11.6. The molecule has 1 aromatic carbocycles. The second-order valence-corrected chi connectivity index (χ2v) is 8.34. The van der Waals surface area contributed by atoms with Crippen LogP contribution in [0.2, 0.25) is 0 Å². The molecular weight excluding hydrogens is 366 g/mol. The number of amides is 1. The van der Waals surface area contributed by atoms with Crippen molar-refractivity contribution in [3.63, 3.8) is 0 Å². The molecule has 4 nitrogen and oxygen atoms in total. The van der Waals surface area contributed by atoms with Gasteiger partial charge in [0.25, 0.3) is 0 Å². The number of ether oxygens (including phenoxy) is 2. The molecular formula is C16H24BrNO3S. The number of rotatable bonds is 6. The summed E-state index contributed by atoms with van der Waals surface area (Å²) < 4.78 is 11.6. The fourth-order valence-electron chi connectivity index (χ4n) is 1.71. The average molecular weight is 390 g/mol. The molecule has 0 bridgehead atoms. The van der Waals surface area contributed by atoms with Gasteiger partial charge < -0.3 is 14.8 Å². The molecule has 0 radical (unpaired) electrons. The average Bonchev–Trinajstić information content (AvgIpc) is 2.36. The van der Waals surface area contributed by atoms with Crippen molar-refractivity contribution >= 4 is 33.8 Å². The van der Waals surface area contributed by atoms with Crippen LogP contribution in [0.5, 0.6) is 5.75 Å². The maximum Gasteiger partial charge on any atom is 0.407 e. The van der Waals surface area contributed by atoms with Gasteiger partial charge >= 0.3 is 6.09 Å². The number of methoxy groups -OCH3 is 1. The van der Waals surface area contributed by atoms with Crippen molar-refractivity contribution in [3.05, 3.63) is 22.7 Å². The predicted molar refractivity (Wildman–Crippen MR) is 94.9 cm³/mol. The number of nitrogens with one attached hydrogen (secondary N) is 1. The van der Waals surface area contributed by atoms with E-state index in [0.717, 1.165) is 21.5 Å². The zero-order chi connectivity index (χ0) is 16.8. The van der Waals surface area contributed by atoms with Gasteiger partial charge in [0.1, 0.15) is 11.4 Å². The first-order chi connectivity index (χ1) is 10.2. The first kappa shape index (κ1) is 19.2. The van der Waals surface area contributed by atoms with Gasteiger partial charge in [0.05, 0.1) is 12.0 Å². The van der Waals surface area contributed by atoms with Crippen LogP contribution < -0.4 is 10.1 Å². The molecule has 0 heterocycles. The van der Waals surface area contributed by atoms with Gasteiger partial charge in [0, 0.05) is 16.3 Å². The summed E-state index contributed by atoms with van der Waals surface area (Å²) in [6.45, 7) is 8.26. The van der Waals surface area contributed by atoms with Gasteiger partial charge in [-0.2, -0.15) is 0 Å². The Labute approximate surface area is 145 Å². The number of carbonyl (C=O) groups excluding carboxylic acids is 1. The minimum atomic E-state index is -0.464. The Hall–Kier alpha value is -0.880. The summed E-state index contributed by atoms with van der Waals surface area (Å²) in [6.07, 6.45) is 0.476. The van der Waals surface area contributed by atoms with Crippen molar-refractivity contribution < 1.29 is 14.3 Å². The zero-order valence-corrected chi connectivity index (χ0v) is 16.1. The third-order valence-electron chi connectivity index (χ3n) is 2.67. The molecule has 0 aliphatic heterocycles. The standard InChI is InChI=1S/C16H24BrNO3S/c1-11(8-9-18-15(19)21-16(2,3)4)22-14-10-12(17)6-7-13(14)20-5/h6-7,10-11H,8-9H2,1-5H3,(H,18,19). The molecule has 1 rings (SSSR count). The first-order valence-electron chi connectivity index (χ1n) is 7.18. The fourth-order valence-corrected chi connectivity index (χ4v) is 3.35. The van der Waals surface area contributed by atoms with E-state index in [1.807, 2.05) is 39.0 Å². The summed E-state index contributed by atoms with van der Waals surface area (Å²) in [5.41, 5.74) is -0.464. The lowest BCUT2D eigenvalue weighted by Crippen LogP contribution is -2.33. The number of hydrogen-bond acceptors (Lipinski definition) is 4. The monoisotopic (exact) mass is 389 g/mol. The second kappa shape index (κ2) is 8.67. The van der Waals surface area contributed by atoms with E-state index in [9.17, 15) is 4.79 Å². The van der Waals surface area contributed by atoms with Gasteiger partial charge in [-0.25, -0.2) is 4.79 Å². The third kappa shape index (κ3) is 7.40. The highest BCUT2D eigenvalue weighted by Gasteiger charge is 2.16. The molecule has 0 aromatic heterocycles. The van der Waals surface area contributed by atoms with Gasteiger partial charge in [-0.05, 0) is 45.4 Å². The second-order valence-electron chi connectivity index (χ2n) is 5.94. The molecule has 1 aromatic rings. The van der Waals surface area contributed by atoms with E-state index in [1.54, 1.807) is 18.9 Å². The number of hydrogen-bond donors (Lipinski definition) is 1. The van der Waals surface area contributed by atoms with Crippen molar-refractivity contribution in [3.8, 4) is 5.75 Å². The Morgan fingerprint density at radius 3 is 2.68 bits per heavy atom. The number of carbonyl (C=O) groups is 1. The fraction of sp³-hybridized carbons (Fsp3) is 0.562. The number of halogens is 1. The van der Waals surface area contributed by atoms with Crippen LogP contribution in [-0.4, -0.2) is 30.6 Å². The SMILES string of the molecule is COc1ccc(Br)cc1SC(C)CCNC(=O)OC(C)(C)C. The minimum Gasteiger partial charge on any atom is -0.496 e. The van der Waals surface area contributed by atoms with Gasteiger partial charge in [-0.1, -0.05) is 22.9 Å². The Bertz CT molecular complexity index is 503. The summed E-state index contributed by atoms with van der Waals surface area (Å²) in [5.74, 6) is 0.861. The summed E-state index contributed by atoms with van der Waals surface area (Å²) in [4.78, 5) is 12.7. The highest BCUT2D eigenvalue weighted by molar-refractivity contribution is 9.10. The van der Waals surface area contributed by atoms with E-state index >= 15 is 0 Å².